The molecule has 0 atom stereocenters. The van der Waals surface area contributed by atoms with E-state index in [9.17, 15) is 10.2 Å². The number of halogens is 1. The number of ether oxygens (including phenoxy) is 2. The van der Waals surface area contributed by atoms with Crippen LogP contribution in [0.2, 0.25) is 5.02 Å². The summed E-state index contributed by atoms with van der Waals surface area (Å²) in [6.45, 7) is 1.51. The molecule has 1 aliphatic rings. The molecule has 0 aliphatic heterocycles. The summed E-state index contributed by atoms with van der Waals surface area (Å²) < 4.78 is 11.0. The first kappa shape index (κ1) is 20.3. The van der Waals surface area contributed by atoms with E-state index in [-0.39, 0.29) is 12.7 Å². The van der Waals surface area contributed by atoms with Crippen LogP contribution < -0.4 is 9.47 Å². The van der Waals surface area contributed by atoms with Crippen molar-refractivity contribution in [3.63, 3.8) is 0 Å². The summed E-state index contributed by atoms with van der Waals surface area (Å²) in [4.78, 5) is 2.40. The fourth-order valence-corrected chi connectivity index (χ4v) is 3.57. The molecule has 0 aromatic heterocycles. The Morgan fingerprint density at radius 1 is 1.16 bits per heavy atom. The van der Waals surface area contributed by atoms with Gasteiger partial charge in [-0.3, -0.25) is 0 Å². The lowest BCUT2D eigenvalue weighted by Crippen LogP contribution is -2.36. The van der Waals surface area contributed by atoms with Gasteiger partial charge in [0.1, 0.15) is 11.5 Å². The summed E-state index contributed by atoms with van der Waals surface area (Å²) in [6, 6.07) is 4.00. The lowest BCUT2D eigenvalue weighted by molar-refractivity contribution is 0.0832. The van der Waals surface area contributed by atoms with Crippen molar-refractivity contribution in [3.8, 4) is 11.5 Å². The van der Waals surface area contributed by atoms with Gasteiger partial charge in [0.05, 0.1) is 31.5 Å². The van der Waals surface area contributed by atoms with Crippen molar-refractivity contribution in [1.29, 1.82) is 0 Å². The molecule has 0 unspecified atom stereocenters. The Balaban J connectivity index is 1.71. The van der Waals surface area contributed by atoms with Crippen LogP contribution in [0.15, 0.2) is 12.1 Å². The minimum atomic E-state index is -0.117. The smallest absolute Gasteiger partial charge is 0.141 e. The molecule has 0 bridgehead atoms. The lowest BCUT2D eigenvalue weighted by Gasteiger charge is -2.33. The average molecular weight is 372 g/mol. The molecule has 5 nitrogen and oxygen atoms in total. The molecule has 0 amide bonds. The molecule has 1 aromatic rings. The van der Waals surface area contributed by atoms with Gasteiger partial charge in [0.15, 0.2) is 0 Å². The van der Waals surface area contributed by atoms with Crippen molar-refractivity contribution >= 4 is 11.6 Å². The fraction of sp³-hybridized carbons (Fsp3) is 0.684. The standard InChI is InChI=1S/C19H30ClNO4/c1-21(15-5-7-16(23)8-6-15)9-3-4-10-25-19-12-18(24-2)14(13-22)11-17(19)20/h11-12,15-16,22-23H,3-10,13H2,1-2H3. The van der Waals surface area contributed by atoms with Gasteiger partial charge >= 0.3 is 0 Å². The quantitative estimate of drug-likeness (QED) is 0.652. The highest BCUT2D eigenvalue weighted by atomic mass is 35.5. The summed E-state index contributed by atoms with van der Waals surface area (Å²) in [5, 5.41) is 19.4. The second-order valence-electron chi connectivity index (χ2n) is 6.75. The predicted octanol–water partition coefficient (Wildman–Crippen LogP) is 3.24. The molecule has 25 heavy (non-hydrogen) atoms. The highest BCUT2D eigenvalue weighted by molar-refractivity contribution is 6.32. The van der Waals surface area contributed by atoms with E-state index in [1.54, 1.807) is 19.2 Å². The van der Waals surface area contributed by atoms with Gasteiger partial charge in [-0.25, -0.2) is 0 Å². The molecule has 2 N–H and O–H groups in total. The van der Waals surface area contributed by atoms with Crippen LogP contribution in [0.3, 0.4) is 0 Å². The van der Waals surface area contributed by atoms with Gasteiger partial charge in [-0.05, 0) is 58.2 Å². The van der Waals surface area contributed by atoms with Crippen LogP contribution in [0.25, 0.3) is 0 Å². The molecule has 1 aliphatic carbocycles. The Bertz CT molecular complexity index is 532. The summed E-state index contributed by atoms with van der Waals surface area (Å²) in [6.07, 6.45) is 5.91. The molecule has 0 heterocycles. The van der Waals surface area contributed by atoms with Crippen LogP contribution in [-0.2, 0) is 6.61 Å². The molecule has 142 valence electrons. The average Bonchev–Trinajstić information content (AvgIpc) is 2.62. The molecule has 1 saturated carbocycles. The van der Waals surface area contributed by atoms with E-state index >= 15 is 0 Å². The Morgan fingerprint density at radius 2 is 1.88 bits per heavy atom. The van der Waals surface area contributed by atoms with Crippen molar-refractivity contribution in [3.05, 3.63) is 22.7 Å². The SMILES string of the molecule is COc1cc(OCCCCN(C)C2CCC(O)CC2)c(Cl)cc1CO. The molecule has 1 fully saturated rings. The summed E-state index contributed by atoms with van der Waals surface area (Å²) in [7, 11) is 3.73. The number of methoxy groups -OCH3 is 1. The first-order valence-corrected chi connectivity index (χ1v) is 9.41. The maximum atomic E-state index is 9.59. The minimum absolute atomic E-state index is 0.1000. The zero-order chi connectivity index (χ0) is 18.2. The number of hydrogen-bond acceptors (Lipinski definition) is 5. The van der Waals surface area contributed by atoms with Crippen molar-refractivity contribution in [2.45, 2.75) is 57.3 Å². The normalized spacial score (nSPS) is 20.7. The predicted molar refractivity (Wildman–Crippen MR) is 99.5 cm³/mol. The molecular formula is C19H30ClNO4. The van der Waals surface area contributed by atoms with E-state index in [1.165, 1.54) is 0 Å². The summed E-state index contributed by atoms with van der Waals surface area (Å²) in [5.74, 6) is 1.17. The molecule has 0 radical (unpaired) electrons. The molecule has 0 saturated heterocycles. The van der Waals surface area contributed by atoms with Crippen molar-refractivity contribution in [2.75, 3.05) is 27.3 Å². The molecule has 2 rings (SSSR count). The first-order valence-electron chi connectivity index (χ1n) is 9.03. The largest absolute Gasteiger partial charge is 0.496 e. The van der Waals surface area contributed by atoms with Crippen LogP contribution >= 0.6 is 11.6 Å². The summed E-state index contributed by atoms with van der Waals surface area (Å²) in [5.41, 5.74) is 0.652. The monoisotopic (exact) mass is 371 g/mol. The van der Waals surface area contributed by atoms with Gasteiger partial charge in [0, 0.05) is 17.7 Å². The number of nitrogens with zero attached hydrogens (tertiary/aromatic N) is 1. The molecule has 0 spiro atoms. The second-order valence-corrected chi connectivity index (χ2v) is 7.16. The van der Waals surface area contributed by atoms with E-state index in [2.05, 4.69) is 11.9 Å². The zero-order valence-corrected chi connectivity index (χ0v) is 16.0. The molecule has 1 aromatic carbocycles. The minimum Gasteiger partial charge on any atom is -0.496 e. The Morgan fingerprint density at radius 3 is 2.52 bits per heavy atom. The third-order valence-corrected chi connectivity index (χ3v) is 5.25. The van der Waals surface area contributed by atoms with E-state index in [1.807, 2.05) is 0 Å². The van der Waals surface area contributed by atoms with Crippen LogP contribution in [-0.4, -0.2) is 54.6 Å². The van der Waals surface area contributed by atoms with E-state index in [4.69, 9.17) is 21.1 Å². The Hall–Kier alpha value is -1.01. The maximum Gasteiger partial charge on any atom is 0.141 e. The number of benzene rings is 1. The van der Waals surface area contributed by atoms with Crippen molar-refractivity contribution in [1.82, 2.24) is 4.90 Å². The van der Waals surface area contributed by atoms with Crippen molar-refractivity contribution < 1.29 is 19.7 Å². The number of aliphatic hydroxyl groups excluding tert-OH is 2. The highest BCUT2D eigenvalue weighted by Crippen LogP contribution is 2.33. The Labute approximate surface area is 155 Å². The number of aliphatic hydroxyl groups is 2. The number of hydrogen-bond donors (Lipinski definition) is 2. The van der Waals surface area contributed by atoms with Gasteiger partial charge in [0.2, 0.25) is 0 Å². The third-order valence-electron chi connectivity index (χ3n) is 4.96. The summed E-state index contributed by atoms with van der Waals surface area (Å²) >= 11 is 6.19. The van der Waals surface area contributed by atoms with Gasteiger partial charge < -0.3 is 24.6 Å². The highest BCUT2D eigenvalue weighted by Gasteiger charge is 2.22. The van der Waals surface area contributed by atoms with Gasteiger partial charge in [-0.1, -0.05) is 11.6 Å². The van der Waals surface area contributed by atoms with Crippen LogP contribution in [0, 0.1) is 0 Å². The van der Waals surface area contributed by atoms with Gasteiger partial charge in [-0.2, -0.15) is 0 Å². The zero-order valence-electron chi connectivity index (χ0n) is 15.2. The van der Waals surface area contributed by atoms with E-state index < -0.39 is 0 Å². The maximum absolute atomic E-state index is 9.59. The van der Waals surface area contributed by atoms with Crippen LogP contribution in [0.4, 0.5) is 0 Å². The topological polar surface area (TPSA) is 62.2 Å². The number of rotatable bonds is 9. The number of unbranched alkanes of at least 4 members (excludes halogenated alkanes) is 1. The van der Waals surface area contributed by atoms with Crippen LogP contribution in [0.1, 0.15) is 44.1 Å². The van der Waals surface area contributed by atoms with Gasteiger partial charge in [0.25, 0.3) is 0 Å². The lowest BCUT2D eigenvalue weighted by atomic mass is 9.92. The molecular weight excluding hydrogens is 342 g/mol. The first-order chi connectivity index (χ1) is 12.0. The van der Waals surface area contributed by atoms with Crippen LogP contribution in [0.5, 0.6) is 11.5 Å². The third kappa shape index (κ3) is 6.03. The van der Waals surface area contributed by atoms with E-state index in [0.717, 1.165) is 45.1 Å². The van der Waals surface area contributed by atoms with E-state index in [0.29, 0.717) is 34.7 Å². The fourth-order valence-electron chi connectivity index (χ4n) is 3.33. The van der Waals surface area contributed by atoms with Crippen molar-refractivity contribution in [2.24, 2.45) is 0 Å². The molecule has 6 heteroatoms. The second kappa shape index (κ2) is 10.2. The van der Waals surface area contributed by atoms with Gasteiger partial charge in [-0.15, -0.1) is 0 Å². The Kier molecular flexibility index (Phi) is 8.30.